The topological polar surface area (TPSA) is 38.3 Å². The minimum Gasteiger partial charge on any atom is -0.465 e. The maximum atomic E-state index is 11.9. The Balaban J connectivity index is 1.78. The van der Waals surface area contributed by atoms with Crippen LogP contribution in [0.3, 0.4) is 0 Å². The predicted octanol–water partition coefficient (Wildman–Crippen LogP) is 4.61. The van der Waals surface area contributed by atoms with Gasteiger partial charge >= 0.3 is 5.97 Å². The SMILES string of the molecule is COC(=O)c1ccc2c(c1)C1C=CCC1C(c1ccccc1C)N2. The second-order valence-corrected chi connectivity index (χ2v) is 6.63. The lowest BCUT2D eigenvalue weighted by Crippen LogP contribution is -2.29. The number of methoxy groups -OCH3 is 1. The Morgan fingerprint density at radius 3 is 2.79 bits per heavy atom. The molecule has 0 saturated carbocycles. The molecule has 2 aromatic rings. The summed E-state index contributed by atoms with van der Waals surface area (Å²) in [5, 5.41) is 3.72. The van der Waals surface area contributed by atoms with Gasteiger partial charge in [0.05, 0.1) is 18.7 Å². The second kappa shape index (κ2) is 5.82. The monoisotopic (exact) mass is 319 g/mol. The van der Waals surface area contributed by atoms with Gasteiger partial charge in [-0.3, -0.25) is 0 Å². The number of hydrogen-bond acceptors (Lipinski definition) is 3. The van der Waals surface area contributed by atoms with Gasteiger partial charge in [-0.1, -0.05) is 36.4 Å². The number of carbonyl (C=O) groups excluding carboxylic acids is 1. The summed E-state index contributed by atoms with van der Waals surface area (Å²) in [5.74, 6) is 0.541. The van der Waals surface area contributed by atoms with Crippen LogP contribution >= 0.6 is 0 Å². The molecule has 1 N–H and O–H groups in total. The van der Waals surface area contributed by atoms with E-state index < -0.39 is 0 Å². The van der Waals surface area contributed by atoms with E-state index >= 15 is 0 Å². The van der Waals surface area contributed by atoms with E-state index in [0.29, 0.717) is 23.4 Å². The van der Waals surface area contributed by atoms with E-state index in [-0.39, 0.29) is 5.97 Å². The van der Waals surface area contributed by atoms with Crippen molar-refractivity contribution in [1.29, 1.82) is 0 Å². The fraction of sp³-hybridized carbons (Fsp3) is 0.286. The third-order valence-electron chi connectivity index (χ3n) is 5.31. The number of allylic oxidation sites excluding steroid dienone is 2. The first-order valence-electron chi connectivity index (χ1n) is 8.40. The van der Waals surface area contributed by atoms with E-state index in [4.69, 9.17) is 4.74 Å². The van der Waals surface area contributed by atoms with Crippen LogP contribution in [0.15, 0.2) is 54.6 Å². The van der Waals surface area contributed by atoms with E-state index in [9.17, 15) is 4.79 Å². The largest absolute Gasteiger partial charge is 0.465 e. The van der Waals surface area contributed by atoms with E-state index in [1.165, 1.54) is 23.8 Å². The molecule has 0 aromatic heterocycles. The summed E-state index contributed by atoms with van der Waals surface area (Å²) in [6.07, 6.45) is 5.61. The van der Waals surface area contributed by atoms with Crippen LogP contribution in [0, 0.1) is 12.8 Å². The first-order valence-corrected chi connectivity index (χ1v) is 8.40. The van der Waals surface area contributed by atoms with Crippen LogP contribution < -0.4 is 5.32 Å². The number of fused-ring (bicyclic) bond motifs is 3. The molecular formula is C21H21NO2. The number of benzene rings is 2. The lowest BCUT2D eigenvalue weighted by atomic mass is 9.76. The maximum absolute atomic E-state index is 11.9. The molecule has 1 aliphatic carbocycles. The Hall–Kier alpha value is -2.55. The number of carbonyl (C=O) groups is 1. The van der Waals surface area contributed by atoms with Crippen molar-refractivity contribution in [2.75, 3.05) is 12.4 Å². The second-order valence-electron chi connectivity index (χ2n) is 6.63. The van der Waals surface area contributed by atoms with E-state index in [1.807, 2.05) is 18.2 Å². The van der Waals surface area contributed by atoms with Crippen molar-refractivity contribution in [3.8, 4) is 0 Å². The summed E-state index contributed by atoms with van der Waals surface area (Å²) in [6, 6.07) is 14.7. The van der Waals surface area contributed by atoms with Gasteiger partial charge < -0.3 is 10.1 Å². The Labute approximate surface area is 142 Å². The molecule has 24 heavy (non-hydrogen) atoms. The molecule has 0 saturated heterocycles. The average molecular weight is 319 g/mol. The number of nitrogens with one attached hydrogen (secondary N) is 1. The van der Waals surface area contributed by atoms with Crippen molar-refractivity contribution in [1.82, 2.24) is 0 Å². The van der Waals surface area contributed by atoms with Gasteiger partial charge in [0.2, 0.25) is 0 Å². The summed E-state index contributed by atoms with van der Waals surface area (Å²) in [5.41, 5.74) is 5.60. The van der Waals surface area contributed by atoms with Crippen molar-refractivity contribution >= 4 is 11.7 Å². The molecular weight excluding hydrogens is 298 g/mol. The molecule has 3 atom stereocenters. The summed E-state index contributed by atoms with van der Waals surface area (Å²) in [4.78, 5) is 11.9. The highest BCUT2D eigenvalue weighted by molar-refractivity contribution is 5.90. The molecule has 3 nitrogen and oxygen atoms in total. The van der Waals surface area contributed by atoms with Crippen LogP contribution in [0.1, 0.15) is 45.4 Å². The van der Waals surface area contributed by atoms with Gasteiger partial charge in [0.1, 0.15) is 0 Å². The number of esters is 1. The molecule has 4 rings (SSSR count). The van der Waals surface area contributed by atoms with Crippen LogP contribution in [0.25, 0.3) is 0 Å². The van der Waals surface area contributed by atoms with Gasteiger partial charge in [0.15, 0.2) is 0 Å². The van der Waals surface area contributed by atoms with Gasteiger partial charge in [-0.05, 0) is 54.2 Å². The fourth-order valence-corrected chi connectivity index (χ4v) is 4.08. The predicted molar refractivity (Wildman–Crippen MR) is 95.3 cm³/mol. The van der Waals surface area contributed by atoms with Crippen LogP contribution in [0.5, 0.6) is 0 Å². The van der Waals surface area contributed by atoms with E-state index in [2.05, 4.69) is 48.7 Å². The fourth-order valence-electron chi connectivity index (χ4n) is 4.08. The molecule has 2 aromatic carbocycles. The first-order chi connectivity index (χ1) is 11.7. The van der Waals surface area contributed by atoms with Crippen molar-refractivity contribution in [2.45, 2.75) is 25.3 Å². The highest BCUT2D eigenvalue weighted by Gasteiger charge is 2.38. The van der Waals surface area contributed by atoms with Crippen molar-refractivity contribution < 1.29 is 9.53 Å². The van der Waals surface area contributed by atoms with Gasteiger partial charge in [-0.25, -0.2) is 4.79 Å². The quantitative estimate of drug-likeness (QED) is 0.649. The maximum Gasteiger partial charge on any atom is 0.337 e. The standard InChI is InChI=1S/C21H21NO2/c1-13-6-3-4-7-15(13)20-17-9-5-8-16(17)18-12-14(21(23)24-2)10-11-19(18)22-20/h3-8,10-12,16-17,20,22H,9H2,1-2H3. The molecule has 0 spiro atoms. The third kappa shape index (κ3) is 2.32. The Morgan fingerprint density at radius 1 is 1.17 bits per heavy atom. The molecule has 0 fully saturated rings. The Bertz CT molecular complexity index is 824. The molecule has 3 heteroatoms. The van der Waals surface area contributed by atoms with Gasteiger partial charge in [-0.15, -0.1) is 0 Å². The molecule has 1 heterocycles. The highest BCUT2D eigenvalue weighted by atomic mass is 16.5. The first kappa shape index (κ1) is 15.0. The Kier molecular flexibility index (Phi) is 3.64. The number of rotatable bonds is 2. The van der Waals surface area contributed by atoms with Crippen LogP contribution in [-0.4, -0.2) is 13.1 Å². The molecule has 1 aliphatic heterocycles. The summed E-state index contributed by atoms with van der Waals surface area (Å²) < 4.78 is 4.87. The number of hydrogen-bond donors (Lipinski definition) is 1. The highest BCUT2D eigenvalue weighted by Crippen LogP contribution is 2.50. The van der Waals surface area contributed by atoms with Gasteiger partial charge in [-0.2, -0.15) is 0 Å². The van der Waals surface area contributed by atoms with Gasteiger partial charge in [0.25, 0.3) is 0 Å². The van der Waals surface area contributed by atoms with Crippen LogP contribution in [0.4, 0.5) is 5.69 Å². The number of aryl methyl sites for hydroxylation is 1. The van der Waals surface area contributed by atoms with Crippen LogP contribution in [0.2, 0.25) is 0 Å². The molecule has 0 amide bonds. The zero-order valence-electron chi connectivity index (χ0n) is 14.0. The summed E-state index contributed by atoms with van der Waals surface area (Å²) >= 11 is 0. The van der Waals surface area contributed by atoms with Crippen molar-refractivity contribution in [3.05, 3.63) is 76.9 Å². The average Bonchev–Trinajstić information content (AvgIpc) is 3.10. The van der Waals surface area contributed by atoms with Crippen LogP contribution in [-0.2, 0) is 4.74 Å². The molecule has 122 valence electrons. The zero-order chi connectivity index (χ0) is 16.7. The number of anilines is 1. The number of ether oxygens (including phenoxy) is 1. The van der Waals surface area contributed by atoms with E-state index in [0.717, 1.165) is 12.1 Å². The normalized spacial score (nSPS) is 24.0. The van der Waals surface area contributed by atoms with Crippen molar-refractivity contribution in [2.24, 2.45) is 5.92 Å². The third-order valence-corrected chi connectivity index (χ3v) is 5.31. The zero-order valence-corrected chi connectivity index (χ0v) is 14.0. The minimum atomic E-state index is -0.280. The van der Waals surface area contributed by atoms with Crippen molar-refractivity contribution in [3.63, 3.8) is 0 Å². The Morgan fingerprint density at radius 2 is 2.00 bits per heavy atom. The van der Waals surface area contributed by atoms with Gasteiger partial charge in [0, 0.05) is 11.6 Å². The summed E-state index contributed by atoms with van der Waals surface area (Å²) in [6.45, 7) is 2.17. The molecule has 2 aliphatic rings. The minimum absolute atomic E-state index is 0.280. The summed E-state index contributed by atoms with van der Waals surface area (Å²) in [7, 11) is 1.42. The molecule has 0 bridgehead atoms. The van der Waals surface area contributed by atoms with E-state index in [1.54, 1.807) is 0 Å². The molecule has 0 radical (unpaired) electrons. The lowest BCUT2D eigenvalue weighted by Gasteiger charge is -2.38. The molecule has 3 unspecified atom stereocenters. The lowest BCUT2D eigenvalue weighted by molar-refractivity contribution is 0.0600. The smallest absolute Gasteiger partial charge is 0.337 e.